The standard InChI is InChI=1S/C12H11ClN2OS2/c13-12-14-9-4-8(1-2-10(9)18-12)15-5-7(6-17)3-11(15)16/h1-2,4,7,17H,3,5-6H2. The minimum absolute atomic E-state index is 0.162. The van der Waals surface area contributed by atoms with Gasteiger partial charge in [0.25, 0.3) is 0 Å². The van der Waals surface area contributed by atoms with Gasteiger partial charge in [0.2, 0.25) is 5.91 Å². The summed E-state index contributed by atoms with van der Waals surface area (Å²) in [5.41, 5.74) is 1.75. The molecule has 3 nitrogen and oxygen atoms in total. The Bertz CT molecular complexity index is 613. The summed E-state index contributed by atoms with van der Waals surface area (Å²) in [6.07, 6.45) is 0.583. The van der Waals surface area contributed by atoms with Gasteiger partial charge in [0.1, 0.15) is 0 Å². The van der Waals surface area contributed by atoms with E-state index in [0.29, 0.717) is 16.8 Å². The van der Waals surface area contributed by atoms with Crippen LogP contribution in [0.25, 0.3) is 10.2 Å². The molecule has 1 unspecified atom stereocenters. The van der Waals surface area contributed by atoms with Crippen molar-refractivity contribution in [2.45, 2.75) is 6.42 Å². The lowest BCUT2D eigenvalue weighted by Crippen LogP contribution is -2.24. The highest BCUT2D eigenvalue weighted by molar-refractivity contribution is 7.80. The molecule has 1 atom stereocenters. The van der Waals surface area contributed by atoms with Crippen LogP contribution in [0.15, 0.2) is 18.2 Å². The molecule has 1 amide bonds. The molecule has 1 aliphatic heterocycles. The maximum absolute atomic E-state index is 11.9. The average molecular weight is 299 g/mol. The van der Waals surface area contributed by atoms with Gasteiger partial charge in [0.05, 0.1) is 10.2 Å². The van der Waals surface area contributed by atoms with Crippen LogP contribution in [0, 0.1) is 5.92 Å². The number of thiol groups is 1. The van der Waals surface area contributed by atoms with Crippen molar-refractivity contribution < 1.29 is 4.79 Å². The number of halogens is 1. The summed E-state index contributed by atoms with van der Waals surface area (Å²) < 4.78 is 1.57. The molecule has 2 heterocycles. The molecule has 1 aliphatic rings. The molecule has 18 heavy (non-hydrogen) atoms. The number of hydrogen-bond acceptors (Lipinski definition) is 4. The fourth-order valence-electron chi connectivity index (χ4n) is 2.21. The van der Waals surface area contributed by atoms with Crippen molar-refractivity contribution in [3.8, 4) is 0 Å². The Labute approximate surface area is 119 Å². The number of aromatic nitrogens is 1. The highest BCUT2D eigenvalue weighted by atomic mass is 35.5. The lowest BCUT2D eigenvalue weighted by atomic mass is 10.1. The molecule has 1 aromatic carbocycles. The SMILES string of the molecule is O=C1CC(CS)CN1c1ccc2sc(Cl)nc2c1. The summed E-state index contributed by atoms with van der Waals surface area (Å²) in [6, 6.07) is 5.85. The van der Waals surface area contributed by atoms with Gasteiger partial charge in [-0.2, -0.15) is 12.6 Å². The highest BCUT2D eigenvalue weighted by Gasteiger charge is 2.29. The number of hydrogen-bond donors (Lipinski definition) is 1. The van der Waals surface area contributed by atoms with E-state index in [2.05, 4.69) is 17.6 Å². The monoisotopic (exact) mass is 298 g/mol. The van der Waals surface area contributed by atoms with Gasteiger partial charge in [0, 0.05) is 18.7 Å². The van der Waals surface area contributed by atoms with E-state index in [1.54, 1.807) is 0 Å². The maximum Gasteiger partial charge on any atom is 0.227 e. The molecule has 6 heteroatoms. The van der Waals surface area contributed by atoms with Gasteiger partial charge in [-0.15, -0.1) is 11.3 Å². The summed E-state index contributed by atoms with van der Waals surface area (Å²) in [7, 11) is 0. The normalized spacial score (nSPS) is 20.0. The molecule has 3 rings (SSSR count). The van der Waals surface area contributed by atoms with Crippen LogP contribution >= 0.6 is 35.6 Å². The van der Waals surface area contributed by atoms with Gasteiger partial charge in [-0.3, -0.25) is 4.79 Å². The second-order valence-corrected chi connectivity index (χ2v) is 6.35. The lowest BCUT2D eigenvalue weighted by molar-refractivity contribution is -0.117. The van der Waals surface area contributed by atoms with Crippen LogP contribution in [-0.4, -0.2) is 23.2 Å². The van der Waals surface area contributed by atoms with E-state index in [9.17, 15) is 4.79 Å². The Balaban J connectivity index is 1.96. The third-order valence-electron chi connectivity index (χ3n) is 3.12. The van der Waals surface area contributed by atoms with Crippen LogP contribution in [0.2, 0.25) is 4.47 Å². The topological polar surface area (TPSA) is 33.2 Å². The Kier molecular flexibility index (Phi) is 3.21. The number of anilines is 1. The third kappa shape index (κ3) is 2.11. The molecule has 0 aliphatic carbocycles. The van der Waals surface area contributed by atoms with Crippen LogP contribution in [0.3, 0.4) is 0 Å². The van der Waals surface area contributed by atoms with Crippen molar-refractivity contribution in [3.63, 3.8) is 0 Å². The molecule has 0 bridgehead atoms. The largest absolute Gasteiger partial charge is 0.312 e. The van der Waals surface area contributed by atoms with Crippen LogP contribution in [0.4, 0.5) is 5.69 Å². The smallest absolute Gasteiger partial charge is 0.227 e. The highest BCUT2D eigenvalue weighted by Crippen LogP contribution is 2.31. The van der Waals surface area contributed by atoms with Gasteiger partial charge in [0.15, 0.2) is 4.47 Å². The van der Waals surface area contributed by atoms with Crippen molar-refractivity contribution in [2.24, 2.45) is 5.92 Å². The van der Waals surface area contributed by atoms with E-state index < -0.39 is 0 Å². The van der Waals surface area contributed by atoms with Gasteiger partial charge >= 0.3 is 0 Å². The number of fused-ring (bicyclic) bond motifs is 1. The Hall–Kier alpha value is -0.780. The van der Waals surface area contributed by atoms with Gasteiger partial charge in [-0.05, 0) is 29.9 Å². The van der Waals surface area contributed by atoms with Crippen LogP contribution in [-0.2, 0) is 4.79 Å². The molecular formula is C12H11ClN2OS2. The third-order valence-corrected chi connectivity index (χ3v) is 4.78. The summed E-state index contributed by atoms with van der Waals surface area (Å²) in [5, 5.41) is 0. The van der Waals surface area contributed by atoms with Crippen molar-refractivity contribution in [2.75, 3.05) is 17.2 Å². The predicted octanol–water partition coefficient (Wildman–Crippen LogP) is 3.23. The van der Waals surface area contributed by atoms with Crippen LogP contribution in [0.1, 0.15) is 6.42 Å². The quantitative estimate of drug-likeness (QED) is 0.864. The first-order valence-corrected chi connectivity index (χ1v) is 7.47. The molecule has 94 valence electrons. The molecule has 1 saturated heterocycles. The number of benzene rings is 1. The first-order valence-electron chi connectivity index (χ1n) is 5.64. The number of thiazole rings is 1. The first kappa shape index (κ1) is 12.3. The van der Waals surface area contributed by atoms with E-state index >= 15 is 0 Å². The van der Waals surface area contributed by atoms with Crippen LogP contribution in [0.5, 0.6) is 0 Å². The Morgan fingerprint density at radius 3 is 3.11 bits per heavy atom. The van der Waals surface area contributed by atoms with E-state index in [-0.39, 0.29) is 5.91 Å². The molecule has 0 spiro atoms. The zero-order chi connectivity index (χ0) is 12.7. The minimum atomic E-state index is 0.162. The number of carbonyl (C=O) groups excluding carboxylic acids is 1. The molecule has 0 N–H and O–H groups in total. The van der Waals surface area contributed by atoms with Crippen molar-refractivity contribution >= 4 is 57.4 Å². The zero-order valence-corrected chi connectivity index (χ0v) is 11.9. The van der Waals surface area contributed by atoms with E-state index in [1.165, 1.54) is 11.3 Å². The molecular weight excluding hydrogens is 288 g/mol. The van der Waals surface area contributed by atoms with E-state index in [4.69, 9.17) is 11.6 Å². The second-order valence-electron chi connectivity index (χ2n) is 4.38. The summed E-state index contributed by atoms with van der Waals surface area (Å²) in [4.78, 5) is 18.0. The van der Waals surface area contributed by atoms with Crippen LogP contribution < -0.4 is 4.90 Å². The van der Waals surface area contributed by atoms with Gasteiger partial charge < -0.3 is 4.90 Å². The van der Waals surface area contributed by atoms with Crippen molar-refractivity contribution in [3.05, 3.63) is 22.7 Å². The fourth-order valence-corrected chi connectivity index (χ4v) is 3.46. The van der Waals surface area contributed by atoms with Gasteiger partial charge in [-0.25, -0.2) is 4.98 Å². The number of amides is 1. The number of rotatable bonds is 2. The van der Waals surface area contributed by atoms with Gasteiger partial charge in [-0.1, -0.05) is 11.6 Å². The predicted molar refractivity (Wildman–Crippen MR) is 78.9 cm³/mol. The van der Waals surface area contributed by atoms with E-state index in [1.807, 2.05) is 23.1 Å². The Morgan fingerprint density at radius 2 is 2.39 bits per heavy atom. The zero-order valence-electron chi connectivity index (χ0n) is 9.47. The summed E-state index contributed by atoms with van der Waals surface area (Å²) in [6.45, 7) is 0.742. The molecule has 1 aromatic heterocycles. The van der Waals surface area contributed by atoms with E-state index in [0.717, 1.165) is 28.2 Å². The summed E-state index contributed by atoms with van der Waals surface area (Å²) in [5.74, 6) is 1.25. The first-order chi connectivity index (χ1) is 8.67. The number of carbonyl (C=O) groups is 1. The van der Waals surface area contributed by atoms with Crippen molar-refractivity contribution in [1.29, 1.82) is 0 Å². The summed E-state index contributed by atoms with van der Waals surface area (Å²) >= 11 is 11.6. The average Bonchev–Trinajstić information content (AvgIpc) is 2.89. The molecule has 2 aromatic rings. The molecule has 0 saturated carbocycles. The molecule has 1 fully saturated rings. The molecule has 0 radical (unpaired) electrons. The maximum atomic E-state index is 11.9. The van der Waals surface area contributed by atoms with Crippen molar-refractivity contribution in [1.82, 2.24) is 4.98 Å². The second kappa shape index (κ2) is 4.72. The lowest BCUT2D eigenvalue weighted by Gasteiger charge is -2.16. The minimum Gasteiger partial charge on any atom is -0.312 e. The number of nitrogens with zero attached hydrogens (tertiary/aromatic N) is 2. The Morgan fingerprint density at radius 1 is 1.56 bits per heavy atom. The fraction of sp³-hybridized carbons (Fsp3) is 0.333.